The van der Waals surface area contributed by atoms with Gasteiger partial charge in [-0.15, -0.1) is 0 Å². The van der Waals surface area contributed by atoms with Crippen LogP contribution >= 0.6 is 0 Å². The molecule has 0 bridgehead atoms. The maximum absolute atomic E-state index is 2.48. The molecule has 0 radical (unpaired) electrons. The van der Waals surface area contributed by atoms with Crippen LogP contribution in [-0.2, 0) is 0 Å². The van der Waals surface area contributed by atoms with E-state index in [0.29, 0.717) is 0 Å². The van der Waals surface area contributed by atoms with Gasteiger partial charge >= 0.3 is 0 Å². The van der Waals surface area contributed by atoms with Crippen molar-refractivity contribution in [1.29, 1.82) is 0 Å². The number of hydrogen-bond donors (Lipinski definition) is 0. The molecule has 0 N–H and O–H groups in total. The molecular weight excluding hydrogens is 206 g/mol. The SMILES string of the molecule is CC(C)[N+](C(C)C)(C1CCCC1)C1CCCC1. The predicted octanol–water partition coefficient (Wildman–Crippen LogP) is 4.51. The minimum absolute atomic E-state index is 0.807. The van der Waals surface area contributed by atoms with Crippen molar-refractivity contribution in [1.82, 2.24) is 0 Å². The Kier molecular flexibility index (Phi) is 4.18. The van der Waals surface area contributed by atoms with Gasteiger partial charge in [0.1, 0.15) is 0 Å². The quantitative estimate of drug-likeness (QED) is 0.632. The van der Waals surface area contributed by atoms with E-state index in [-0.39, 0.29) is 0 Å². The summed E-state index contributed by atoms with van der Waals surface area (Å²) in [7, 11) is 0. The Balaban J connectivity index is 2.30. The first-order valence-corrected chi connectivity index (χ1v) is 7.98. The third-order valence-electron chi connectivity index (χ3n) is 5.70. The van der Waals surface area contributed by atoms with Crippen molar-refractivity contribution in [2.24, 2.45) is 0 Å². The monoisotopic (exact) mass is 238 g/mol. The summed E-state index contributed by atoms with van der Waals surface area (Å²) in [6.07, 6.45) is 11.9. The van der Waals surface area contributed by atoms with Gasteiger partial charge in [0.15, 0.2) is 0 Å². The van der Waals surface area contributed by atoms with Crippen molar-refractivity contribution >= 4 is 0 Å². The fraction of sp³-hybridized carbons (Fsp3) is 1.00. The number of quaternary nitrogens is 1. The van der Waals surface area contributed by atoms with Crippen LogP contribution < -0.4 is 0 Å². The Hall–Kier alpha value is -0.0400. The average Bonchev–Trinajstić information content (AvgIpc) is 2.88. The zero-order chi connectivity index (χ0) is 12.5. The largest absolute Gasteiger partial charge is 0.315 e. The normalized spacial score (nSPS) is 24.4. The smallest absolute Gasteiger partial charge is 0.0896 e. The minimum atomic E-state index is 0.807. The lowest BCUT2D eigenvalue weighted by Crippen LogP contribution is -2.67. The van der Waals surface area contributed by atoms with Crippen molar-refractivity contribution in [3.63, 3.8) is 0 Å². The van der Waals surface area contributed by atoms with Crippen molar-refractivity contribution in [3.05, 3.63) is 0 Å². The van der Waals surface area contributed by atoms with Crippen molar-refractivity contribution < 1.29 is 4.48 Å². The zero-order valence-electron chi connectivity index (χ0n) is 12.4. The first-order chi connectivity index (χ1) is 8.10. The molecule has 2 saturated carbocycles. The van der Waals surface area contributed by atoms with Gasteiger partial charge in [0.25, 0.3) is 0 Å². The molecule has 2 fully saturated rings. The molecule has 0 aromatic heterocycles. The molecule has 0 atom stereocenters. The van der Waals surface area contributed by atoms with E-state index in [1.807, 2.05) is 0 Å². The molecule has 0 aromatic rings. The van der Waals surface area contributed by atoms with Gasteiger partial charge in [0, 0.05) is 0 Å². The lowest BCUT2D eigenvalue weighted by atomic mass is 9.95. The van der Waals surface area contributed by atoms with Crippen LogP contribution in [0, 0.1) is 0 Å². The van der Waals surface area contributed by atoms with E-state index >= 15 is 0 Å². The van der Waals surface area contributed by atoms with E-state index < -0.39 is 0 Å². The van der Waals surface area contributed by atoms with Crippen LogP contribution in [-0.4, -0.2) is 28.7 Å². The molecule has 0 saturated heterocycles. The molecule has 2 rings (SSSR count). The summed E-state index contributed by atoms with van der Waals surface area (Å²) in [5, 5.41) is 0. The molecule has 17 heavy (non-hydrogen) atoms. The van der Waals surface area contributed by atoms with E-state index in [2.05, 4.69) is 27.7 Å². The molecule has 100 valence electrons. The van der Waals surface area contributed by atoms with Gasteiger partial charge in [0.2, 0.25) is 0 Å². The van der Waals surface area contributed by atoms with E-state index in [1.165, 1.54) is 55.8 Å². The molecule has 0 aromatic carbocycles. The molecule has 2 aliphatic carbocycles. The molecule has 2 aliphatic rings. The molecule has 1 heteroatoms. The van der Waals surface area contributed by atoms with Gasteiger partial charge in [-0.25, -0.2) is 0 Å². The molecule has 0 amide bonds. The fourth-order valence-electron chi connectivity index (χ4n) is 5.28. The summed E-state index contributed by atoms with van der Waals surface area (Å²) < 4.78 is 1.44. The summed E-state index contributed by atoms with van der Waals surface area (Å²) in [6.45, 7) is 9.93. The zero-order valence-corrected chi connectivity index (χ0v) is 12.4. The Morgan fingerprint density at radius 2 is 0.941 bits per heavy atom. The molecule has 0 spiro atoms. The van der Waals surface area contributed by atoms with Crippen LogP contribution in [0.25, 0.3) is 0 Å². The van der Waals surface area contributed by atoms with Gasteiger partial charge in [-0.3, -0.25) is 0 Å². The number of nitrogens with zero attached hydrogens (tertiary/aromatic N) is 1. The highest BCUT2D eigenvalue weighted by Crippen LogP contribution is 2.42. The third kappa shape index (κ3) is 2.16. The maximum Gasteiger partial charge on any atom is 0.0896 e. The van der Waals surface area contributed by atoms with E-state index in [1.54, 1.807) is 0 Å². The minimum Gasteiger partial charge on any atom is -0.315 e. The Morgan fingerprint density at radius 3 is 1.18 bits per heavy atom. The van der Waals surface area contributed by atoms with Crippen LogP contribution in [0.15, 0.2) is 0 Å². The van der Waals surface area contributed by atoms with Gasteiger partial charge in [-0.05, 0) is 79.1 Å². The van der Waals surface area contributed by atoms with Gasteiger partial charge < -0.3 is 4.48 Å². The first-order valence-electron chi connectivity index (χ1n) is 7.98. The Bertz CT molecular complexity index is 206. The van der Waals surface area contributed by atoms with Crippen LogP contribution in [0.1, 0.15) is 79.1 Å². The lowest BCUT2D eigenvalue weighted by Gasteiger charge is -2.54. The lowest BCUT2D eigenvalue weighted by molar-refractivity contribution is -1.01. The van der Waals surface area contributed by atoms with Crippen molar-refractivity contribution in [2.75, 3.05) is 0 Å². The fourth-order valence-corrected chi connectivity index (χ4v) is 5.28. The first kappa shape index (κ1) is 13.4. The van der Waals surface area contributed by atoms with E-state index in [9.17, 15) is 0 Å². The third-order valence-corrected chi connectivity index (χ3v) is 5.70. The van der Waals surface area contributed by atoms with Gasteiger partial charge in [-0.2, -0.15) is 0 Å². The molecule has 0 unspecified atom stereocenters. The Morgan fingerprint density at radius 1 is 0.647 bits per heavy atom. The molecule has 0 aliphatic heterocycles. The summed E-state index contributed by atoms with van der Waals surface area (Å²) >= 11 is 0. The van der Waals surface area contributed by atoms with Crippen LogP contribution in [0.4, 0.5) is 0 Å². The van der Waals surface area contributed by atoms with Crippen molar-refractivity contribution in [3.8, 4) is 0 Å². The number of hydrogen-bond acceptors (Lipinski definition) is 0. The van der Waals surface area contributed by atoms with Gasteiger partial charge in [0.05, 0.1) is 24.2 Å². The summed E-state index contributed by atoms with van der Waals surface area (Å²) in [5.41, 5.74) is 0. The summed E-state index contributed by atoms with van der Waals surface area (Å²) in [4.78, 5) is 0. The van der Waals surface area contributed by atoms with Crippen LogP contribution in [0.5, 0.6) is 0 Å². The number of rotatable bonds is 4. The highest BCUT2D eigenvalue weighted by atomic mass is 15.4. The molecular formula is C16H32N+. The molecule has 1 nitrogen and oxygen atoms in total. The Labute approximate surface area is 108 Å². The second-order valence-corrected chi connectivity index (χ2v) is 6.96. The molecule has 0 heterocycles. The summed E-state index contributed by atoms with van der Waals surface area (Å²) in [6, 6.07) is 3.55. The average molecular weight is 238 g/mol. The second kappa shape index (κ2) is 5.30. The maximum atomic E-state index is 2.48. The topological polar surface area (TPSA) is 0 Å². The highest BCUT2D eigenvalue weighted by Gasteiger charge is 2.49. The highest BCUT2D eigenvalue weighted by molar-refractivity contribution is 4.79. The summed E-state index contributed by atoms with van der Waals surface area (Å²) in [5.74, 6) is 0. The van der Waals surface area contributed by atoms with Crippen LogP contribution in [0.2, 0.25) is 0 Å². The van der Waals surface area contributed by atoms with Crippen molar-refractivity contribution in [2.45, 2.75) is 103 Å². The van der Waals surface area contributed by atoms with Crippen LogP contribution in [0.3, 0.4) is 0 Å². The predicted molar refractivity (Wildman–Crippen MR) is 75.0 cm³/mol. The van der Waals surface area contributed by atoms with Gasteiger partial charge in [-0.1, -0.05) is 0 Å². The van der Waals surface area contributed by atoms with E-state index in [0.717, 1.165) is 24.2 Å². The van der Waals surface area contributed by atoms with E-state index in [4.69, 9.17) is 0 Å². The standard InChI is InChI=1S/C16H32N/c1-13(2)17(14(3)4,15-9-5-6-10-15)16-11-7-8-12-16/h13-16H,5-12H2,1-4H3/q+1. The second-order valence-electron chi connectivity index (χ2n) is 6.96.